The highest BCUT2D eigenvalue weighted by Gasteiger charge is 1.91. The van der Waals surface area contributed by atoms with E-state index < -0.39 is 0 Å². The Morgan fingerprint density at radius 2 is 2.08 bits per heavy atom. The highest BCUT2D eigenvalue weighted by Crippen LogP contribution is 2.03. The lowest BCUT2D eigenvalue weighted by atomic mass is 10.1. The van der Waals surface area contributed by atoms with Gasteiger partial charge in [0.1, 0.15) is 0 Å². The topological polar surface area (TPSA) is 0 Å². The van der Waals surface area contributed by atoms with Gasteiger partial charge in [-0.15, -0.1) is 0 Å². The van der Waals surface area contributed by atoms with E-state index >= 15 is 0 Å². The Morgan fingerprint density at radius 3 is 2.62 bits per heavy atom. The molecule has 0 radical (unpaired) electrons. The molecule has 0 fully saturated rings. The fourth-order valence-electron chi connectivity index (χ4n) is 1.45. The van der Waals surface area contributed by atoms with Crippen LogP contribution in [0.2, 0.25) is 0 Å². The van der Waals surface area contributed by atoms with E-state index in [1.807, 2.05) is 24.3 Å². The Balaban J connectivity index is 3.36. The van der Waals surface area contributed by atoms with Crippen LogP contribution in [0.15, 0.2) is 36.9 Å². The molecule has 13 heavy (non-hydrogen) atoms. The predicted octanol–water partition coefficient (Wildman–Crippen LogP) is 2.23. The van der Waals surface area contributed by atoms with E-state index in [9.17, 15) is 0 Å². The minimum atomic E-state index is 1.08. The van der Waals surface area contributed by atoms with Gasteiger partial charge in [0.05, 0.1) is 0 Å². The third-order valence-electron chi connectivity index (χ3n) is 2.13. The van der Waals surface area contributed by atoms with Crippen molar-refractivity contribution in [1.29, 1.82) is 0 Å². The maximum atomic E-state index is 4.00. The van der Waals surface area contributed by atoms with Crippen molar-refractivity contribution >= 4 is 12.2 Å². The molecule has 0 aliphatic heterocycles. The summed E-state index contributed by atoms with van der Waals surface area (Å²) in [6.07, 6.45) is 4.17. The summed E-state index contributed by atoms with van der Waals surface area (Å²) >= 11 is 0. The zero-order chi connectivity index (χ0) is 9.68. The van der Waals surface area contributed by atoms with Gasteiger partial charge in [0.25, 0.3) is 0 Å². The Hall–Kier alpha value is -1.30. The molecule has 0 nitrogen and oxygen atoms in total. The molecule has 68 valence electrons. The second-order valence-electron chi connectivity index (χ2n) is 3.14. The summed E-state index contributed by atoms with van der Waals surface area (Å²) in [4.78, 5) is 0. The average Bonchev–Trinajstić information content (AvgIpc) is 2.16. The Kier molecular flexibility index (Phi) is 3.51. The lowest BCUT2D eigenvalue weighted by Crippen LogP contribution is -2.24. The molecule has 1 rings (SSSR count). The molecule has 0 aliphatic carbocycles. The van der Waals surface area contributed by atoms with Crippen LogP contribution in [0.1, 0.15) is 19.8 Å². The van der Waals surface area contributed by atoms with Crippen LogP contribution in [-0.2, 0) is 0 Å². The number of rotatable bonds is 3. The zero-order valence-corrected chi connectivity index (χ0v) is 8.22. The molecule has 0 amide bonds. The van der Waals surface area contributed by atoms with E-state index in [0.717, 1.165) is 18.1 Å². The average molecular weight is 172 g/mol. The van der Waals surface area contributed by atoms with Gasteiger partial charge in [-0.1, -0.05) is 56.8 Å². The van der Waals surface area contributed by atoms with Gasteiger partial charge < -0.3 is 0 Å². The third kappa shape index (κ3) is 2.32. The molecule has 0 saturated carbocycles. The van der Waals surface area contributed by atoms with Crippen LogP contribution in [0.3, 0.4) is 0 Å². The first kappa shape index (κ1) is 9.79. The van der Waals surface area contributed by atoms with E-state index in [2.05, 4.69) is 26.1 Å². The Bertz CT molecular complexity index is 385. The van der Waals surface area contributed by atoms with Gasteiger partial charge in [0.15, 0.2) is 0 Å². The van der Waals surface area contributed by atoms with Crippen molar-refractivity contribution in [1.82, 2.24) is 0 Å². The lowest BCUT2D eigenvalue weighted by Gasteiger charge is -1.99. The van der Waals surface area contributed by atoms with Crippen LogP contribution >= 0.6 is 0 Å². The highest BCUT2D eigenvalue weighted by atomic mass is 14.0. The number of hydrogen-bond donors (Lipinski definition) is 0. The van der Waals surface area contributed by atoms with Gasteiger partial charge in [0, 0.05) is 0 Å². The van der Waals surface area contributed by atoms with Crippen LogP contribution in [0.4, 0.5) is 0 Å². The first-order valence-corrected chi connectivity index (χ1v) is 4.69. The summed E-state index contributed by atoms with van der Waals surface area (Å²) in [6, 6.07) is 8.20. The van der Waals surface area contributed by atoms with E-state index in [1.54, 1.807) is 0 Å². The van der Waals surface area contributed by atoms with E-state index in [4.69, 9.17) is 0 Å². The first-order valence-electron chi connectivity index (χ1n) is 4.69. The minimum absolute atomic E-state index is 1.08. The molecule has 0 N–H and O–H groups in total. The molecular formula is C13H16. The van der Waals surface area contributed by atoms with Gasteiger partial charge in [0.2, 0.25) is 0 Å². The maximum Gasteiger partial charge on any atom is -0.0158 e. The number of allylic oxidation sites excluding steroid dienone is 1. The molecule has 0 aromatic heterocycles. The summed E-state index contributed by atoms with van der Waals surface area (Å²) in [5.41, 5.74) is 1.30. The lowest BCUT2D eigenvalue weighted by molar-refractivity contribution is 0.973. The van der Waals surface area contributed by atoms with Crippen molar-refractivity contribution in [3.63, 3.8) is 0 Å². The maximum absolute atomic E-state index is 4.00. The molecule has 0 unspecified atom stereocenters. The quantitative estimate of drug-likeness (QED) is 0.656. The van der Waals surface area contributed by atoms with E-state index in [0.29, 0.717) is 0 Å². The standard InChI is InChI=1S/C13H16/c1-4-8-12(5-2)13-10-7-6-9-11(13)3/h5-7,9-10H,2-4,8H2,1H3/b13-12+. The molecule has 0 spiro atoms. The largest absolute Gasteiger partial charge is 0.0988 e. The van der Waals surface area contributed by atoms with Gasteiger partial charge in [-0.2, -0.15) is 0 Å². The molecular weight excluding hydrogens is 156 g/mol. The van der Waals surface area contributed by atoms with Crippen molar-refractivity contribution in [3.8, 4) is 0 Å². The van der Waals surface area contributed by atoms with Crippen molar-refractivity contribution in [2.45, 2.75) is 19.8 Å². The monoisotopic (exact) mass is 172 g/mol. The summed E-state index contributed by atoms with van der Waals surface area (Å²) in [5.74, 6) is 0. The Morgan fingerprint density at radius 1 is 1.38 bits per heavy atom. The summed E-state index contributed by atoms with van der Waals surface area (Å²) < 4.78 is 0. The summed E-state index contributed by atoms with van der Waals surface area (Å²) in [7, 11) is 0. The summed E-state index contributed by atoms with van der Waals surface area (Å²) in [5, 5.41) is 2.32. The Labute approximate surface area is 79.9 Å². The fourth-order valence-corrected chi connectivity index (χ4v) is 1.45. The van der Waals surface area contributed by atoms with Crippen LogP contribution in [0, 0.1) is 0 Å². The van der Waals surface area contributed by atoms with Crippen molar-refractivity contribution in [2.75, 3.05) is 0 Å². The van der Waals surface area contributed by atoms with Crippen molar-refractivity contribution < 1.29 is 0 Å². The van der Waals surface area contributed by atoms with Gasteiger partial charge in [-0.3, -0.25) is 0 Å². The fraction of sp³-hybridized carbons (Fsp3) is 0.231. The predicted molar refractivity (Wildman–Crippen MR) is 59.7 cm³/mol. The highest BCUT2D eigenvalue weighted by molar-refractivity contribution is 5.55. The van der Waals surface area contributed by atoms with Gasteiger partial charge in [-0.25, -0.2) is 0 Å². The molecule has 0 bridgehead atoms. The molecule has 0 heteroatoms. The number of hydrogen-bond acceptors (Lipinski definition) is 0. The van der Waals surface area contributed by atoms with Crippen LogP contribution in [0.25, 0.3) is 12.2 Å². The van der Waals surface area contributed by atoms with E-state index in [-0.39, 0.29) is 0 Å². The van der Waals surface area contributed by atoms with Gasteiger partial charge >= 0.3 is 0 Å². The first-order chi connectivity index (χ1) is 6.29. The minimum Gasteiger partial charge on any atom is -0.0988 e. The van der Waals surface area contributed by atoms with Crippen LogP contribution < -0.4 is 10.4 Å². The number of benzene rings is 1. The molecule has 1 aromatic rings. The molecule has 0 heterocycles. The smallest absolute Gasteiger partial charge is 0.0158 e. The SMILES string of the molecule is C=C/C(CCC)=c1/ccccc1=C. The van der Waals surface area contributed by atoms with Gasteiger partial charge in [-0.05, 0) is 22.4 Å². The second-order valence-corrected chi connectivity index (χ2v) is 3.14. The van der Waals surface area contributed by atoms with Crippen LogP contribution in [0.5, 0.6) is 0 Å². The molecule has 0 saturated heterocycles. The zero-order valence-electron chi connectivity index (χ0n) is 8.22. The molecule has 0 aliphatic rings. The van der Waals surface area contributed by atoms with Crippen molar-refractivity contribution in [3.05, 3.63) is 47.4 Å². The second kappa shape index (κ2) is 4.66. The summed E-state index contributed by atoms with van der Waals surface area (Å²) in [6.45, 7) is 10.0. The molecule has 1 aromatic carbocycles. The van der Waals surface area contributed by atoms with Crippen LogP contribution in [-0.4, -0.2) is 0 Å². The molecule has 0 atom stereocenters. The van der Waals surface area contributed by atoms with E-state index in [1.165, 1.54) is 10.8 Å². The van der Waals surface area contributed by atoms with Crippen molar-refractivity contribution in [2.24, 2.45) is 0 Å². The normalized spacial score (nSPS) is 12.4. The third-order valence-corrected chi connectivity index (χ3v) is 2.13.